The molecule has 0 unspecified atom stereocenters. The SMILES string of the molecule is O=[N+]([O-])c1cc(Nc2nc(Cc3ccccc3S(=O)(=O)O)nc(SCCCS(=O)(=O)O)n2)ccc1SCCCS(=O)(=O)O. The number of rotatable bonds is 16. The van der Waals surface area contributed by atoms with E-state index in [1.807, 2.05) is 0 Å². The van der Waals surface area contributed by atoms with Gasteiger partial charge in [0.05, 0.1) is 26.2 Å². The van der Waals surface area contributed by atoms with Crippen LogP contribution in [0.25, 0.3) is 0 Å². The van der Waals surface area contributed by atoms with Gasteiger partial charge in [0.1, 0.15) is 5.82 Å². The highest BCUT2D eigenvalue weighted by molar-refractivity contribution is 7.99. The number of hydrogen-bond acceptors (Lipinski definition) is 14. The Morgan fingerprint density at radius 1 is 0.837 bits per heavy atom. The van der Waals surface area contributed by atoms with Crippen molar-refractivity contribution in [3.8, 4) is 0 Å². The first-order chi connectivity index (χ1) is 20.0. The van der Waals surface area contributed by atoms with Gasteiger partial charge in [-0.1, -0.05) is 30.0 Å². The maximum absolute atomic E-state index is 11.8. The summed E-state index contributed by atoms with van der Waals surface area (Å²) in [6.07, 6.45) is -0.0286. The first kappa shape index (κ1) is 34.6. The zero-order valence-corrected chi connectivity index (χ0v) is 26.0. The summed E-state index contributed by atoms with van der Waals surface area (Å²) in [6, 6.07) is 9.78. The van der Waals surface area contributed by atoms with Crippen molar-refractivity contribution in [2.45, 2.75) is 34.2 Å². The Hall–Kier alpha value is -2.92. The molecule has 1 aromatic heterocycles. The highest BCUT2D eigenvalue weighted by Gasteiger charge is 2.19. The van der Waals surface area contributed by atoms with Crippen LogP contribution in [-0.4, -0.2) is 81.8 Å². The van der Waals surface area contributed by atoms with E-state index in [2.05, 4.69) is 20.3 Å². The quantitative estimate of drug-likeness (QED) is 0.0551. The maximum atomic E-state index is 11.8. The normalized spacial score (nSPS) is 12.3. The predicted octanol–water partition coefficient (Wildman–Crippen LogP) is 3.10. The number of nitrogens with zero attached hydrogens (tertiary/aromatic N) is 4. The van der Waals surface area contributed by atoms with Gasteiger partial charge in [-0.25, -0.2) is 4.98 Å². The number of nitro benzene ring substituents is 1. The Morgan fingerprint density at radius 2 is 1.47 bits per heavy atom. The number of nitro groups is 1. The molecular weight excluding hydrogens is 671 g/mol. The van der Waals surface area contributed by atoms with Gasteiger partial charge in [-0.15, -0.1) is 11.8 Å². The number of benzene rings is 2. The Balaban J connectivity index is 1.89. The molecule has 0 aliphatic carbocycles. The van der Waals surface area contributed by atoms with Gasteiger partial charge < -0.3 is 5.32 Å². The molecule has 2 aromatic carbocycles. The highest BCUT2D eigenvalue weighted by atomic mass is 32.2. The van der Waals surface area contributed by atoms with Crippen molar-refractivity contribution in [1.82, 2.24) is 15.0 Å². The summed E-state index contributed by atoms with van der Waals surface area (Å²) >= 11 is 2.06. The fraction of sp³-hybridized carbons (Fsp3) is 0.318. The molecule has 0 bridgehead atoms. The molecule has 16 nitrogen and oxygen atoms in total. The van der Waals surface area contributed by atoms with E-state index in [1.165, 1.54) is 36.4 Å². The lowest BCUT2D eigenvalue weighted by molar-refractivity contribution is -0.387. The van der Waals surface area contributed by atoms with Crippen LogP contribution in [0, 0.1) is 10.1 Å². The smallest absolute Gasteiger partial charge is 0.294 e. The molecular formula is C22H25N5O11S5. The fourth-order valence-electron chi connectivity index (χ4n) is 3.49. The zero-order chi connectivity index (χ0) is 31.8. The molecule has 0 aliphatic rings. The minimum atomic E-state index is -4.57. The number of aromatic nitrogens is 3. The molecule has 4 N–H and O–H groups in total. The third-order valence-corrected chi connectivity index (χ3v) is 9.90. The topological polar surface area (TPSA) is 257 Å². The van der Waals surface area contributed by atoms with Crippen molar-refractivity contribution >= 4 is 71.2 Å². The molecule has 0 saturated heterocycles. The molecule has 3 rings (SSSR count). The predicted molar refractivity (Wildman–Crippen MR) is 159 cm³/mol. The summed E-state index contributed by atoms with van der Waals surface area (Å²) in [5, 5.41) is 14.7. The monoisotopic (exact) mass is 695 g/mol. The van der Waals surface area contributed by atoms with Crippen LogP contribution in [0.2, 0.25) is 0 Å². The standard InChI is InChI=1S/C22H25N5O11S5/c28-27(29)17-14-16(7-8-18(17)39-9-3-11-41(30,31)32)23-21-24-20(13-15-5-1-2-6-19(15)43(36,37)38)25-22(26-21)40-10-4-12-42(33,34)35/h1-2,5-8,14H,3-4,9-13H2,(H,30,31,32)(H,33,34,35)(H,36,37,38)(H,23,24,25,26). The summed E-state index contributed by atoms with van der Waals surface area (Å²) in [5.74, 6) is -0.623. The molecule has 0 radical (unpaired) electrons. The Bertz CT molecular complexity index is 1800. The van der Waals surface area contributed by atoms with E-state index < -0.39 is 46.8 Å². The van der Waals surface area contributed by atoms with E-state index in [9.17, 15) is 39.9 Å². The molecule has 0 fully saturated rings. The highest BCUT2D eigenvalue weighted by Crippen LogP contribution is 2.33. The minimum Gasteiger partial charge on any atom is -0.324 e. The molecule has 21 heteroatoms. The lowest BCUT2D eigenvalue weighted by atomic mass is 10.1. The van der Waals surface area contributed by atoms with Crippen LogP contribution in [0.3, 0.4) is 0 Å². The molecule has 234 valence electrons. The minimum absolute atomic E-state index is 0.0615. The third-order valence-electron chi connectivity index (χ3n) is 5.25. The number of anilines is 2. The van der Waals surface area contributed by atoms with Crippen LogP contribution >= 0.6 is 23.5 Å². The summed E-state index contributed by atoms with van der Waals surface area (Å²) in [6.45, 7) is 0. The van der Waals surface area contributed by atoms with Gasteiger partial charge >= 0.3 is 0 Å². The summed E-state index contributed by atoms with van der Waals surface area (Å²) in [5.41, 5.74) is 0.0836. The maximum Gasteiger partial charge on any atom is 0.294 e. The van der Waals surface area contributed by atoms with Gasteiger partial charge in [0.2, 0.25) is 5.95 Å². The second kappa shape index (κ2) is 14.7. The van der Waals surface area contributed by atoms with Crippen molar-refractivity contribution in [2.75, 3.05) is 28.3 Å². The van der Waals surface area contributed by atoms with Gasteiger partial charge in [-0.05, 0) is 42.4 Å². The lowest BCUT2D eigenvalue weighted by Crippen LogP contribution is -2.09. The molecule has 3 aromatic rings. The molecule has 0 atom stereocenters. The van der Waals surface area contributed by atoms with E-state index in [1.54, 1.807) is 6.07 Å². The van der Waals surface area contributed by atoms with Crippen molar-refractivity contribution in [3.63, 3.8) is 0 Å². The van der Waals surface area contributed by atoms with Crippen molar-refractivity contribution in [3.05, 3.63) is 64.0 Å². The second-order valence-electron chi connectivity index (χ2n) is 8.66. The van der Waals surface area contributed by atoms with E-state index >= 15 is 0 Å². The van der Waals surface area contributed by atoms with E-state index in [4.69, 9.17) is 9.11 Å². The average Bonchev–Trinajstić information content (AvgIpc) is 2.88. The number of nitrogens with one attached hydrogen (secondary N) is 1. The average molecular weight is 696 g/mol. The van der Waals surface area contributed by atoms with Crippen molar-refractivity contribution in [2.24, 2.45) is 0 Å². The van der Waals surface area contributed by atoms with Crippen LogP contribution < -0.4 is 5.32 Å². The van der Waals surface area contributed by atoms with Gasteiger partial charge in [0, 0.05) is 23.9 Å². The van der Waals surface area contributed by atoms with E-state index in [0.29, 0.717) is 0 Å². The first-order valence-electron chi connectivity index (χ1n) is 12.0. The first-order valence-corrected chi connectivity index (χ1v) is 18.6. The van der Waals surface area contributed by atoms with Crippen LogP contribution in [0.5, 0.6) is 0 Å². The van der Waals surface area contributed by atoms with E-state index in [-0.39, 0.29) is 74.4 Å². The molecule has 0 amide bonds. The Morgan fingerprint density at radius 3 is 2.07 bits per heavy atom. The molecule has 0 spiro atoms. The van der Waals surface area contributed by atoms with Gasteiger partial charge in [0.15, 0.2) is 5.16 Å². The van der Waals surface area contributed by atoms with Gasteiger partial charge in [0.25, 0.3) is 36.0 Å². The Kier molecular flexibility index (Phi) is 11.8. The molecule has 0 saturated carbocycles. The van der Waals surface area contributed by atoms with E-state index in [0.717, 1.165) is 23.5 Å². The number of thioether (sulfide) groups is 2. The van der Waals surface area contributed by atoms with Gasteiger partial charge in [-0.3, -0.25) is 23.8 Å². The van der Waals surface area contributed by atoms with Crippen molar-refractivity contribution in [1.29, 1.82) is 0 Å². The van der Waals surface area contributed by atoms with Crippen LogP contribution in [0.4, 0.5) is 17.3 Å². The third kappa shape index (κ3) is 11.9. The van der Waals surface area contributed by atoms with Crippen LogP contribution in [0.1, 0.15) is 24.2 Å². The fourth-order valence-corrected chi connectivity index (χ4v) is 7.34. The molecule has 0 aliphatic heterocycles. The summed E-state index contributed by atoms with van der Waals surface area (Å²) < 4.78 is 94.9. The van der Waals surface area contributed by atoms with Crippen molar-refractivity contribution < 1.29 is 43.8 Å². The zero-order valence-electron chi connectivity index (χ0n) is 21.9. The summed E-state index contributed by atoms with van der Waals surface area (Å²) in [7, 11) is -12.9. The Labute approximate surface area is 255 Å². The van der Waals surface area contributed by atoms with Crippen LogP contribution in [0.15, 0.2) is 57.4 Å². The largest absolute Gasteiger partial charge is 0.324 e. The summed E-state index contributed by atoms with van der Waals surface area (Å²) in [4.78, 5) is 23.8. The van der Waals surface area contributed by atoms with Gasteiger partial charge in [-0.2, -0.15) is 35.2 Å². The van der Waals surface area contributed by atoms with Crippen LogP contribution in [-0.2, 0) is 36.8 Å². The number of hydrogen-bond donors (Lipinski definition) is 4. The molecule has 1 heterocycles. The lowest BCUT2D eigenvalue weighted by Gasteiger charge is -2.11. The second-order valence-corrected chi connectivity index (χ2v) is 15.4. The molecule has 43 heavy (non-hydrogen) atoms.